The average Bonchev–Trinajstić information content (AvgIpc) is 2.48. The van der Waals surface area contributed by atoms with Gasteiger partial charge in [-0.3, -0.25) is 10.1 Å². The summed E-state index contributed by atoms with van der Waals surface area (Å²) in [5, 5.41) is 14.9. The van der Waals surface area contributed by atoms with E-state index in [0.717, 1.165) is 21.3 Å². The van der Waals surface area contributed by atoms with Gasteiger partial charge >= 0.3 is 0 Å². The second-order valence-electron chi connectivity index (χ2n) is 4.56. The summed E-state index contributed by atoms with van der Waals surface area (Å²) < 4.78 is 0.829. The summed E-state index contributed by atoms with van der Waals surface area (Å²) in [7, 11) is 0. The summed E-state index contributed by atoms with van der Waals surface area (Å²) >= 11 is 9.32. The molecule has 6 heteroatoms. The Kier molecular flexibility index (Phi) is 5.20. The number of halogens is 2. The molecule has 2 rings (SSSR count). The molecule has 0 saturated heterocycles. The molecule has 0 aliphatic rings. The number of rotatable bonds is 5. The van der Waals surface area contributed by atoms with Crippen molar-refractivity contribution in [2.75, 3.05) is 5.32 Å². The van der Waals surface area contributed by atoms with Crippen LogP contribution in [0.4, 0.5) is 11.4 Å². The zero-order valence-electron chi connectivity index (χ0n) is 11.4. The largest absolute Gasteiger partial charge is 0.381 e. The molecule has 0 bridgehead atoms. The van der Waals surface area contributed by atoms with Gasteiger partial charge in [-0.05, 0) is 46.1 Å². The van der Waals surface area contributed by atoms with E-state index >= 15 is 0 Å². The standard InChI is InChI=1S/C15H14BrClN2O2/c1-2-11-4-5-12(8-15(11)19(20)21)18-9-10-3-6-14(17)13(16)7-10/h3-8,18H,2,9H2,1H3. The van der Waals surface area contributed by atoms with E-state index in [0.29, 0.717) is 18.0 Å². The third-order valence-corrected chi connectivity index (χ3v) is 4.36. The molecule has 21 heavy (non-hydrogen) atoms. The molecule has 4 nitrogen and oxygen atoms in total. The third kappa shape index (κ3) is 3.95. The Labute approximate surface area is 136 Å². The number of nitro benzene ring substituents is 1. The first-order valence-corrected chi connectivity index (χ1v) is 7.63. The number of nitrogens with one attached hydrogen (secondary N) is 1. The molecule has 0 aliphatic heterocycles. The Morgan fingerprint density at radius 1 is 1.29 bits per heavy atom. The van der Waals surface area contributed by atoms with Crippen LogP contribution in [0.25, 0.3) is 0 Å². The van der Waals surface area contributed by atoms with Gasteiger partial charge in [0.05, 0.1) is 9.95 Å². The van der Waals surface area contributed by atoms with Crippen LogP contribution >= 0.6 is 27.5 Å². The highest BCUT2D eigenvalue weighted by atomic mass is 79.9. The Bertz CT molecular complexity index is 677. The number of benzene rings is 2. The molecular weight excluding hydrogens is 356 g/mol. The zero-order chi connectivity index (χ0) is 15.4. The van der Waals surface area contributed by atoms with E-state index in [1.807, 2.05) is 31.2 Å². The van der Waals surface area contributed by atoms with Crippen molar-refractivity contribution in [1.29, 1.82) is 0 Å². The van der Waals surface area contributed by atoms with Crippen molar-refractivity contribution in [1.82, 2.24) is 0 Å². The van der Waals surface area contributed by atoms with Gasteiger partial charge in [0.15, 0.2) is 0 Å². The second kappa shape index (κ2) is 6.91. The first-order chi connectivity index (χ1) is 10.0. The van der Waals surface area contributed by atoms with Crippen LogP contribution in [0.1, 0.15) is 18.1 Å². The highest BCUT2D eigenvalue weighted by Gasteiger charge is 2.12. The minimum atomic E-state index is -0.344. The van der Waals surface area contributed by atoms with Crippen molar-refractivity contribution in [3.05, 3.63) is 67.1 Å². The summed E-state index contributed by atoms with van der Waals surface area (Å²) in [6.45, 7) is 2.47. The normalized spacial score (nSPS) is 10.4. The van der Waals surface area contributed by atoms with E-state index in [1.54, 1.807) is 12.1 Å². The molecule has 0 spiro atoms. The van der Waals surface area contributed by atoms with E-state index in [-0.39, 0.29) is 10.6 Å². The van der Waals surface area contributed by atoms with E-state index < -0.39 is 0 Å². The predicted octanol–water partition coefficient (Wildman–Crippen LogP) is 5.19. The van der Waals surface area contributed by atoms with Crippen molar-refractivity contribution in [2.24, 2.45) is 0 Å². The topological polar surface area (TPSA) is 55.2 Å². The quantitative estimate of drug-likeness (QED) is 0.583. The molecule has 110 valence electrons. The summed E-state index contributed by atoms with van der Waals surface area (Å²) in [5.74, 6) is 0. The fourth-order valence-corrected chi connectivity index (χ4v) is 2.54. The van der Waals surface area contributed by atoms with E-state index in [4.69, 9.17) is 11.6 Å². The number of nitro groups is 1. The van der Waals surface area contributed by atoms with Crippen molar-refractivity contribution >= 4 is 38.9 Å². The third-order valence-electron chi connectivity index (χ3n) is 3.14. The molecule has 0 heterocycles. The molecule has 0 aromatic heterocycles. The predicted molar refractivity (Wildman–Crippen MR) is 89.0 cm³/mol. The van der Waals surface area contributed by atoms with E-state index in [2.05, 4.69) is 21.2 Å². The maximum atomic E-state index is 11.0. The Balaban J connectivity index is 2.14. The molecule has 0 fully saturated rings. The molecule has 0 aliphatic carbocycles. The van der Waals surface area contributed by atoms with Crippen LogP contribution in [0.2, 0.25) is 5.02 Å². The van der Waals surface area contributed by atoms with Gasteiger partial charge in [-0.2, -0.15) is 0 Å². The molecule has 2 aromatic rings. The molecule has 2 aromatic carbocycles. The minimum absolute atomic E-state index is 0.153. The lowest BCUT2D eigenvalue weighted by Crippen LogP contribution is -2.01. The summed E-state index contributed by atoms with van der Waals surface area (Å²) in [4.78, 5) is 10.7. The van der Waals surface area contributed by atoms with Crippen LogP contribution in [0.3, 0.4) is 0 Å². The maximum Gasteiger partial charge on any atom is 0.274 e. The Morgan fingerprint density at radius 2 is 2.05 bits per heavy atom. The van der Waals surface area contributed by atoms with Crippen LogP contribution in [0.5, 0.6) is 0 Å². The molecule has 0 atom stereocenters. The van der Waals surface area contributed by atoms with Gasteiger partial charge in [0, 0.05) is 28.3 Å². The monoisotopic (exact) mass is 368 g/mol. The van der Waals surface area contributed by atoms with Crippen LogP contribution in [-0.4, -0.2) is 4.92 Å². The summed E-state index contributed by atoms with van der Waals surface area (Å²) in [5.41, 5.74) is 2.65. The van der Waals surface area contributed by atoms with Gasteiger partial charge in [0.1, 0.15) is 0 Å². The van der Waals surface area contributed by atoms with Crippen LogP contribution in [0, 0.1) is 10.1 Å². The number of hydrogen-bond acceptors (Lipinski definition) is 3. The lowest BCUT2D eigenvalue weighted by Gasteiger charge is -2.09. The number of aryl methyl sites for hydroxylation is 1. The van der Waals surface area contributed by atoms with Gasteiger partial charge in [-0.25, -0.2) is 0 Å². The Morgan fingerprint density at radius 3 is 2.67 bits per heavy atom. The fourth-order valence-electron chi connectivity index (χ4n) is 2.00. The van der Waals surface area contributed by atoms with Crippen LogP contribution in [-0.2, 0) is 13.0 Å². The van der Waals surface area contributed by atoms with Gasteiger partial charge < -0.3 is 5.32 Å². The van der Waals surface area contributed by atoms with Crippen molar-refractivity contribution in [3.8, 4) is 0 Å². The first kappa shape index (κ1) is 15.8. The van der Waals surface area contributed by atoms with Gasteiger partial charge in [0.25, 0.3) is 5.69 Å². The van der Waals surface area contributed by atoms with Crippen LogP contribution in [0.15, 0.2) is 40.9 Å². The molecule has 1 N–H and O–H groups in total. The molecule has 0 radical (unpaired) electrons. The maximum absolute atomic E-state index is 11.0. The molecule has 0 amide bonds. The van der Waals surface area contributed by atoms with Gasteiger partial charge in [-0.1, -0.05) is 30.7 Å². The average molecular weight is 370 g/mol. The van der Waals surface area contributed by atoms with Gasteiger partial charge in [0.2, 0.25) is 0 Å². The van der Waals surface area contributed by atoms with Crippen molar-refractivity contribution in [2.45, 2.75) is 19.9 Å². The lowest BCUT2D eigenvalue weighted by molar-refractivity contribution is -0.385. The second-order valence-corrected chi connectivity index (χ2v) is 5.82. The minimum Gasteiger partial charge on any atom is -0.381 e. The van der Waals surface area contributed by atoms with Crippen LogP contribution < -0.4 is 5.32 Å². The number of hydrogen-bond donors (Lipinski definition) is 1. The zero-order valence-corrected chi connectivity index (χ0v) is 13.7. The van der Waals surface area contributed by atoms with Crippen molar-refractivity contribution in [3.63, 3.8) is 0 Å². The fraction of sp³-hybridized carbons (Fsp3) is 0.200. The van der Waals surface area contributed by atoms with E-state index in [9.17, 15) is 10.1 Å². The highest BCUT2D eigenvalue weighted by Crippen LogP contribution is 2.26. The smallest absolute Gasteiger partial charge is 0.274 e. The lowest BCUT2D eigenvalue weighted by atomic mass is 10.1. The Hall–Kier alpha value is -1.59. The SMILES string of the molecule is CCc1ccc(NCc2ccc(Cl)c(Br)c2)cc1[N+](=O)[O-]. The number of nitrogens with zero attached hydrogens (tertiary/aromatic N) is 1. The summed E-state index contributed by atoms with van der Waals surface area (Å²) in [6, 6.07) is 10.9. The molecule has 0 saturated carbocycles. The molecule has 0 unspecified atom stereocenters. The van der Waals surface area contributed by atoms with E-state index in [1.165, 1.54) is 0 Å². The molecular formula is C15H14BrClN2O2. The van der Waals surface area contributed by atoms with Crippen molar-refractivity contribution < 1.29 is 4.92 Å². The number of anilines is 1. The first-order valence-electron chi connectivity index (χ1n) is 6.46. The highest BCUT2D eigenvalue weighted by molar-refractivity contribution is 9.10. The summed E-state index contributed by atoms with van der Waals surface area (Å²) in [6.07, 6.45) is 0.640. The van der Waals surface area contributed by atoms with Gasteiger partial charge in [-0.15, -0.1) is 0 Å².